The number of urea groups is 1. The van der Waals surface area contributed by atoms with Crippen LogP contribution in [0.1, 0.15) is 39.0 Å². The lowest BCUT2D eigenvalue weighted by molar-refractivity contribution is -0.139. The van der Waals surface area contributed by atoms with Gasteiger partial charge in [-0.2, -0.15) is 11.8 Å². The van der Waals surface area contributed by atoms with Crippen LogP contribution in [0.5, 0.6) is 0 Å². The maximum Gasteiger partial charge on any atom is 0.326 e. The lowest BCUT2D eigenvalue weighted by Gasteiger charge is -2.22. The standard InChI is InChI=1S/C13H24N2O3S/c1-9(10-5-3-4-6-10)14-13(18)15-11(12(16)17)7-8-19-2/h9-11H,3-8H2,1-2H3,(H,16,17)(H2,14,15,18). The number of carbonyl (C=O) groups excluding carboxylic acids is 1. The largest absolute Gasteiger partial charge is 0.480 e. The number of carboxylic acid groups (broad SMARTS) is 1. The summed E-state index contributed by atoms with van der Waals surface area (Å²) in [7, 11) is 0. The molecule has 0 aromatic carbocycles. The van der Waals surface area contributed by atoms with Crippen LogP contribution in [-0.2, 0) is 4.79 Å². The molecular formula is C13H24N2O3S. The Morgan fingerprint density at radius 2 is 1.95 bits per heavy atom. The number of carbonyl (C=O) groups is 2. The van der Waals surface area contributed by atoms with E-state index in [2.05, 4.69) is 10.6 Å². The highest BCUT2D eigenvalue weighted by Crippen LogP contribution is 2.27. The zero-order chi connectivity index (χ0) is 14.3. The summed E-state index contributed by atoms with van der Waals surface area (Å²) in [6.07, 6.45) is 7.11. The van der Waals surface area contributed by atoms with Crippen LogP contribution in [-0.4, -0.2) is 41.2 Å². The Kier molecular flexibility index (Phi) is 7.05. The highest BCUT2D eigenvalue weighted by Gasteiger charge is 2.24. The van der Waals surface area contributed by atoms with E-state index in [1.165, 1.54) is 12.8 Å². The Labute approximate surface area is 118 Å². The minimum absolute atomic E-state index is 0.109. The number of rotatable bonds is 7. The zero-order valence-corrected chi connectivity index (χ0v) is 12.5. The van der Waals surface area contributed by atoms with E-state index in [0.717, 1.165) is 18.6 Å². The molecule has 6 heteroatoms. The molecule has 1 aliphatic carbocycles. The summed E-state index contributed by atoms with van der Waals surface area (Å²) in [5.41, 5.74) is 0. The van der Waals surface area contributed by atoms with Gasteiger partial charge < -0.3 is 15.7 Å². The summed E-state index contributed by atoms with van der Waals surface area (Å²) in [4.78, 5) is 22.8. The minimum atomic E-state index is -0.974. The number of thioether (sulfide) groups is 1. The molecule has 0 aliphatic heterocycles. The van der Waals surface area contributed by atoms with Crippen LogP contribution in [0.3, 0.4) is 0 Å². The van der Waals surface area contributed by atoms with Gasteiger partial charge in [0, 0.05) is 6.04 Å². The number of carboxylic acids is 1. The Balaban J connectivity index is 2.36. The second-order valence-corrected chi connectivity index (χ2v) is 6.11. The molecule has 2 atom stereocenters. The van der Waals surface area contributed by atoms with Gasteiger partial charge in [-0.1, -0.05) is 12.8 Å². The molecule has 2 unspecified atom stereocenters. The predicted octanol–water partition coefficient (Wildman–Crippen LogP) is 2.07. The van der Waals surface area contributed by atoms with E-state index in [1.54, 1.807) is 11.8 Å². The van der Waals surface area contributed by atoms with Crippen molar-refractivity contribution in [3.63, 3.8) is 0 Å². The number of hydrogen-bond donors (Lipinski definition) is 3. The van der Waals surface area contributed by atoms with Gasteiger partial charge in [0.25, 0.3) is 0 Å². The van der Waals surface area contributed by atoms with Crippen molar-refractivity contribution in [1.29, 1.82) is 0 Å². The van der Waals surface area contributed by atoms with Gasteiger partial charge in [0.1, 0.15) is 6.04 Å². The average Bonchev–Trinajstić information content (AvgIpc) is 2.87. The number of amides is 2. The van der Waals surface area contributed by atoms with Gasteiger partial charge in [0.15, 0.2) is 0 Å². The van der Waals surface area contributed by atoms with E-state index in [1.807, 2.05) is 13.2 Å². The van der Waals surface area contributed by atoms with Crippen molar-refractivity contribution in [3.05, 3.63) is 0 Å². The fourth-order valence-corrected chi connectivity index (χ4v) is 2.95. The van der Waals surface area contributed by atoms with Crippen LogP contribution in [0, 0.1) is 5.92 Å². The molecule has 1 saturated carbocycles. The Bertz CT molecular complexity index is 306. The number of nitrogens with one attached hydrogen (secondary N) is 2. The van der Waals surface area contributed by atoms with E-state index in [-0.39, 0.29) is 12.1 Å². The maximum atomic E-state index is 11.8. The summed E-state index contributed by atoms with van der Waals surface area (Å²) < 4.78 is 0. The van der Waals surface area contributed by atoms with Crippen molar-refractivity contribution >= 4 is 23.8 Å². The number of hydrogen-bond acceptors (Lipinski definition) is 3. The fraction of sp³-hybridized carbons (Fsp3) is 0.846. The third-order valence-electron chi connectivity index (χ3n) is 3.68. The summed E-state index contributed by atoms with van der Waals surface area (Å²) in [5.74, 6) is 0.271. The van der Waals surface area contributed by atoms with Crippen LogP contribution in [0.25, 0.3) is 0 Å². The third-order valence-corrected chi connectivity index (χ3v) is 4.32. The summed E-state index contributed by atoms with van der Waals surface area (Å²) in [5, 5.41) is 14.4. The van der Waals surface area contributed by atoms with Crippen LogP contribution < -0.4 is 10.6 Å². The van der Waals surface area contributed by atoms with Crippen LogP contribution in [0.15, 0.2) is 0 Å². The minimum Gasteiger partial charge on any atom is -0.480 e. The van der Waals surface area contributed by atoms with Crippen LogP contribution >= 0.6 is 11.8 Å². The monoisotopic (exact) mass is 288 g/mol. The Hall–Kier alpha value is -0.910. The highest BCUT2D eigenvalue weighted by molar-refractivity contribution is 7.98. The molecular weight excluding hydrogens is 264 g/mol. The molecule has 0 aromatic rings. The van der Waals surface area contributed by atoms with E-state index >= 15 is 0 Å². The normalized spacial score (nSPS) is 18.8. The van der Waals surface area contributed by atoms with Crippen LogP contribution in [0.4, 0.5) is 4.79 Å². The van der Waals surface area contributed by atoms with Crippen molar-refractivity contribution in [2.24, 2.45) is 5.92 Å². The molecule has 0 bridgehead atoms. The van der Waals surface area contributed by atoms with Crippen molar-refractivity contribution < 1.29 is 14.7 Å². The Morgan fingerprint density at radius 3 is 2.47 bits per heavy atom. The van der Waals surface area contributed by atoms with Gasteiger partial charge in [-0.25, -0.2) is 9.59 Å². The second-order valence-electron chi connectivity index (χ2n) is 5.12. The van der Waals surface area contributed by atoms with Gasteiger partial charge in [0.05, 0.1) is 0 Å². The van der Waals surface area contributed by atoms with Gasteiger partial charge in [0.2, 0.25) is 0 Å². The molecule has 1 rings (SSSR count). The zero-order valence-electron chi connectivity index (χ0n) is 11.6. The van der Waals surface area contributed by atoms with Crippen molar-refractivity contribution in [2.75, 3.05) is 12.0 Å². The molecule has 0 saturated heterocycles. The molecule has 1 aliphatic rings. The van der Waals surface area contributed by atoms with E-state index in [9.17, 15) is 9.59 Å². The smallest absolute Gasteiger partial charge is 0.326 e. The predicted molar refractivity (Wildman–Crippen MR) is 77.5 cm³/mol. The highest BCUT2D eigenvalue weighted by atomic mass is 32.2. The summed E-state index contributed by atoms with van der Waals surface area (Å²) in [6.45, 7) is 1.99. The first-order valence-electron chi connectivity index (χ1n) is 6.83. The molecule has 19 heavy (non-hydrogen) atoms. The molecule has 3 N–H and O–H groups in total. The van der Waals surface area contributed by atoms with Crippen LogP contribution in [0.2, 0.25) is 0 Å². The van der Waals surface area contributed by atoms with Gasteiger partial charge in [-0.05, 0) is 44.1 Å². The summed E-state index contributed by atoms with van der Waals surface area (Å²) >= 11 is 1.57. The Morgan fingerprint density at radius 1 is 1.32 bits per heavy atom. The first-order valence-corrected chi connectivity index (χ1v) is 8.22. The topological polar surface area (TPSA) is 78.4 Å². The molecule has 0 heterocycles. The van der Waals surface area contributed by atoms with E-state index in [4.69, 9.17) is 5.11 Å². The van der Waals surface area contributed by atoms with Crippen molar-refractivity contribution in [3.8, 4) is 0 Å². The lowest BCUT2D eigenvalue weighted by atomic mass is 10.0. The van der Waals surface area contributed by atoms with Gasteiger partial charge >= 0.3 is 12.0 Å². The quantitative estimate of drug-likeness (QED) is 0.670. The molecule has 110 valence electrons. The molecule has 2 amide bonds. The fourth-order valence-electron chi connectivity index (χ4n) is 2.48. The molecule has 0 spiro atoms. The molecule has 0 aromatic heterocycles. The van der Waals surface area contributed by atoms with Crippen molar-refractivity contribution in [2.45, 2.75) is 51.1 Å². The van der Waals surface area contributed by atoms with E-state index in [0.29, 0.717) is 12.3 Å². The maximum absolute atomic E-state index is 11.8. The average molecular weight is 288 g/mol. The second kappa shape index (κ2) is 8.30. The van der Waals surface area contributed by atoms with Gasteiger partial charge in [-0.3, -0.25) is 0 Å². The summed E-state index contributed by atoms with van der Waals surface area (Å²) in [6, 6.07) is -1.06. The number of aliphatic carboxylic acids is 1. The first kappa shape index (κ1) is 16.1. The molecule has 5 nitrogen and oxygen atoms in total. The lowest BCUT2D eigenvalue weighted by Crippen LogP contribution is -2.49. The third kappa shape index (κ3) is 5.72. The SMILES string of the molecule is CSCCC(NC(=O)NC(C)C1CCCC1)C(=O)O. The molecule has 1 fully saturated rings. The molecule has 0 radical (unpaired) electrons. The van der Waals surface area contributed by atoms with Crippen molar-refractivity contribution in [1.82, 2.24) is 10.6 Å². The first-order chi connectivity index (χ1) is 9.04. The van der Waals surface area contributed by atoms with E-state index < -0.39 is 12.0 Å². The van der Waals surface area contributed by atoms with Gasteiger partial charge in [-0.15, -0.1) is 0 Å².